The standard InChI is InChI=1S/C29H38N2O5S/c1-5-7-8-17-36-28(35)23-22-12-13-29(37-22)24(23)26(33)31(15-9-16-32)25(29)27(34)30(14-6-2)21-18-19(3)10-11-20(21)4/h5-6,10-11,18,22-25,32H,1-2,7-9,12-17H2,3-4H3/t22-,23+,24-,25?,29?/m0/s1. The highest BCUT2D eigenvalue weighted by Crippen LogP contribution is 2.66. The van der Waals surface area contributed by atoms with E-state index < -0.39 is 22.6 Å². The lowest BCUT2D eigenvalue weighted by atomic mass is 9.71. The maximum Gasteiger partial charge on any atom is 0.310 e. The van der Waals surface area contributed by atoms with Gasteiger partial charge in [-0.2, -0.15) is 0 Å². The Balaban J connectivity index is 1.70. The summed E-state index contributed by atoms with van der Waals surface area (Å²) in [4.78, 5) is 45.0. The number of unbranched alkanes of at least 4 members (excludes halogenated alkanes) is 1. The Morgan fingerprint density at radius 2 is 2.05 bits per heavy atom. The van der Waals surface area contributed by atoms with Crippen LogP contribution < -0.4 is 4.90 Å². The van der Waals surface area contributed by atoms with Crippen molar-refractivity contribution in [2.24, 2.45) is 11.8 Å². The third kappa shape index (κ3) is 4.86. The number of aryl methyl sites for hydroxylation is 2. The molecule has 3 saturated heterocycles. The van der Waals surface area contributed by atoms with E-state index in [4.69, 9.17) is 4.74 Å². The number of likely N-dealkylation sites (tertiary alicyclic amines) is 1. The second kappa shape index (κ2) is 11.4. The fraction of sp³-hybridized carbons (Fsp3) is 0.552. The van der Waals surface area contributed by atoms with Crippen molar-refractivity contribution < 1.29 is 24.2 Å². The molecule has 1 aromatic rings. The van der Waals surface area contributed by atoms with E-state index in [0.717, 1.165) is 29.7 Å². The molecular weight excluding hydrogens is 488 g/mol. The number of hydrogen-bond acceptors (Lipinski definition) is 6. The molecule has 0 aromatic heterocycles. The molecule has 3 aliphatic rings. The van der Waals surface area contributed by atoms with E-state index in [2.05, 4.69) is 13.2 Å². The quantitative estimate of drug-likeness (QED) is 0.253. The lowest BCUT2D eigenvalue weighted by Crippen LogP contribution is -2.55. The van der Waals surface area contributed by atoms with Gasteiger partial charge in [0.15, 0.2) is 0 Å². The lowest BCUT2D eigenvalue weighted by molar-refractivity contribution is -0.154. The van der Waals surface area contributed by atoms with Crippen LogP contribution in [-0.2, 0) is 19.1 Å². The zero-order valence-electron chi connectivity index (χ0n) is 21.9. The van der Waals surface area contributed by atoms with Crippen LogP contribution in [0.1, 0.15) is 43.2 Å². The molecule has 4 rings (SSSR count). The highest BCUT2D eigenvalue weighted by Gasteiger charge is 2.74. The predicted molar refractivity (Wildman–Crippen MR) is 146 cm³/mol. The van der Waals surface area contributed by atoms with Crippen LogP contribution in [0.3, 0.4) is 0 Å². The number of aliphatic hydroxyl groups is 1. The van der Waals surface area contributed by atoms with E-state index in [9.17, 15) is 19.5 Å². The van der Waals surface area contributed by atoms with Crippen LogP contribution in [0.15, 0.2) is 43.5 Å². The van der Waals surface area contributed by atoms with Gasteiger partial charge in [0, 0.05) is 30.6 Å². The molecule has 0 aliphatic carbocycles. The number of benzene rings is 1. The minimum absolute atomic E-state index is 0.0373. The van der Waals surface area contributed by atoms with E-state index in [-0.39, 0.29) is 36.2 Å². The van der Waals surface area contributed by atoms with Gasteiger partial charge in [0.1, 0.15) is 6.04 Å². The number of carbonyl (C=O) groups is 3. The molecule has 2 amide bonds. The predicted octanol–water partition coefficient (Wildman–Crippen LogP) is 3.81. The summed E-state index contributed by atoms with van der Waals surface area (Å²) in [5.41, 5.74) is 2.80. The Bertz CT molecular complexity index is 1070. The molecule has 3 aliphatic heterocycles. The smallest absolute Gasteiger partial charge is 0.310 e. The Morgan fingerprint density at radius 3 is 2.76 bits per heavy atom. The topological polar surface area (TPSA) is 87.2 Å². The van der Waals surface area contributed by atoms with Crippen molar-refractivity contribution in [2.45, 2.75) is 62.0 Å². The number of esters is 1. The minimum Gasteiger partial charge on any atom is -0.465 e. The molecule has 2 bridgehead atoms. The van der Waals surface area contributed by atoms with Crippen molar-refractivity contribution in [1.82, 2.24) is 4.90 Å². The van der Waals surface area contributed by atoms with Gasteiger partial charge in [-0.15, -0.1) is 24.9 Å². The number of carbonyl (C=O) groups excluding carboxylic acids is 3. The van der Waals surface area contributed by atoms with E-state index in [0.29, 0.717) is 32.4 Å². The number of thioether (sulfide) groups is 1. The van der Waals surface area contributed by atoms with Crippen molar-refractivity contribution >= 4 is 35.2 Å². The first-order valence-electron chi connectivity index (χ1n) is 13.2. The molecular formula is C29H38N2O5S. The van der Waals surface area contributed by atoms with E-state index in [1.807, 2.05) is 32.0 Å². The number of ether oxygens (including phenoxy) is 1. The fourth-order valence-electron chi connectivity index (χ4n) is 6.27. The van der Waals surface area contributed by atoms with Gasteiger partial charge in [-0.25, -0.2) is 0 Å². The number of hydrogen-bond donors (Lipinski definition) is 1. The van der Waals surface area contributed by atoms with Gasteiger partial charge in [-0.05, 0) is 63.1 Å². The van der Waals surface area contributed by atoms with Gasteiger partial charge >= 0.3 is 5.97 Å². The van der Waals surface area contributed by atoms with E-state index in [1.165, 1.54) is 0 Å². The second-order valence-electron chi connectivity index (χ2n) is 10.3. The van der Waals surface area contributed by atoms with Crippen LogP contribution in [0.2, 0.25) is 0 Å². The first kappa shape index (κ1) is 27.5. The molecule has 7 nitrogen and oxygen atoms in total. The Hall–Kier alpha value is -2.58. The van der Waals surface area contributed by atoms with Crippen LogP contribution in [-0.4, -0.2) is 70.1 Å². The first-order valence-corrected chi connectivity index (χ1v) is 14.0. The Morgan fingerprint density at radius 1 is 1.27 bits per heavy atom. The number of aliphatic hydroxyl groups excluding tert-OH is 1. The van der Waals surface area contributed by atoms with Crippen LogP contribution in [0.5, 0.6) is 0 Å². The SMILES string of the molecule is C=CCCCOC(=O)[C@@H]1[C@@H]2CCC3(S2)C(C(=O)N(CC=C)c2cc(C)ccc2C)N(CCCO)C(=O)[C@H]13. The average Bonchev–Trinajstić information content (AvgIpc) is 3.52. The molecule has 200 valence electrons. The summed E-state index contributed by atoms with van der Waals surface area (Å²) in [5.74, 6) is -1.82. The molecule has 1 N–H and O–H groups in total. The number of amides is 2. The third-order valence-corrected chi connectivity index (χ3v) is 9.85. The van der Waals surface area contributed by atoms with Crippen molar-refractivity contribution in [3.8, 4) is 0 Å². The minimum atomic E-state index is -0.718. The van der Waals surface area contributed by atoms with Gasteiger partial charge < -0.3 is 19.6 Å². The number of allylic oxidation sites excluding steroid dienone is 1. The Kier molecular flexibility index (Phi) is 8.49. The second-order valence-corrected chi connectivity index (χ2v) is 11.9. The normalized spacial score (nSPS) is 27.8. The fourth-order valence-corrected chi connectivity index (χ4v) is 8.47. The molecule has 8 heteroatoms. The van der Waals surface area contributed by atoms with Crippen molar-refractivity contribution in [1.29, 1.82) is 0 Å². The third-order valence-electron chi connectivity index (χ3n) is 7.89. The van der Waals surface area contributed by atoms with Crippen molar-refractivity contribution in [3.05, 3.63) is 54.6 Å². The highest BCUT2D eigenvalue weighted by molar-refractivity contribution is 8.02. The van der Waals surface area contributed by atoms with Gasteiger partial charge in [-0.1, -0.05) is 24.3 Å². The van der Waals surface area contributed by atoms with Gasteiger partial charge in [0.05, 0.1) is 23.2 Å². The first-order chi connectivity index (χ1) is 17.8. The van der Waals surface area contributed by atoms with Crippen molar-refractivity contribution in [2.75, 3.05) is 31.2 Å². The number of anilines is 1. The zero-order valence-corrected chi connectivity index (χ0v) is 22.7. The Labute approximate surface area is 223 Å². The number of fused-ring (bicyclic) bond motifs is 1. The molecule has 3 heterocycles. The zero-order chi connectivity index (χ0) is 26.7. The summed E-state index contributed by atoms with van der Waals surface area (Å²) in [7, 11) is 0. The molecule has 1 aromatic carbocycles. The largest absolute Gasteiger partial charge is 0.465 e. The van der Waals surface area contributed by atoms with Crippen LogP contribution in [0.25, 0.3) is 0 Å². The van der Waals surface area contributed by atoms with Crippen molar-refractivity contribution in [3.63, 3.8) is 0 Å². The van der Waals surface area contributed by atoms with Crippen LogP contribution in [0, 0.1) is 25.7 Å². The van der Waals surface area contributed by atoms with E-state index in [1.54, 1.807) is 33.7 Å². The van der Waals surface area contributed by atoms with Gasteiger partial charge in [-0.3, -0.25) is 14.4 Å². The molecule has 2 unspecified atom stereocenters. The maximum atomic E-state index is 14.4. The average molecular weight is 527 g/mol. The maximum absolute atomic E-state index is 14.4. The number of rotatable bonds is 12. The molecule has 1 spiro atoms. The molecule has 3 fully saturated rings. The summed E-state index contributed by atoms with van der Waals surface area (Å²) in [6.45, 7) is 12.3. The highest BCUT2D eigenvalue weighted by atomic mass is 32.2. The van der Waals surface area contributed by atoms with Gasteiger partial charge in [0.25, 0.3) is 5.91 Å². The summed E-state index contributed by atoms with van der Waals surface area (Å²) in [6, 6.07) is 5.28. The monoisotopic (exact) mass is 526 g/mol. The molecule has 0 radical (unpaired) electrons. The lowest BCUT2D eigenvalue weighted by Gasteiger charge is -2.37. The molecule has 37 heavy (non-hydrogen) atoms. The van der Waals surface area contributed by atoms with Crippen LogP contribution in [0.4, 0.5) is 5.69 Å². The summed E-state index contributed by atoms with van der Waals surface area (Å²) in [6.07, 6.45) is 6.77. The summed E-state index contributed by atoms with van der Waals surface area (Å²) < 4.78 is 4.93. The summed E-state index contributed by atoms with van der Waals surface area (Å²) in [5, 5.41) is 9.52. The van der Waals surface area contributed by atoms with E-state index >= 15 is 0 Å². The summed E-state index contributed by atoms with van der Waals surface area (Å²) >= 11 is 1.63. The van der Waals surface area contributed by atoms with Gasteiger partial charge in [0.2, 0.25) is 5.91 Å². The van der Waals surface area contributed by atoms with Crippen LogP contribution >= 0.6 is 11.8 Å². The number of nitrogens with zero attached hydrogens (tertiary/aromatic N) is 2. The molecule has 5 atom stereocenters. The molecule has 0 saturated carbocycles.